The number of halogens is 1. The number of hydrogen-bond acceptors (Lipinski definition) is 6. The Kier molecular flexibility index (Phi) is 5.88. The van der Waals surface area contributed by atoms with E-state index in [1.165, 1.54) is 12.1 Å². The van der Waals surface area contributed by atoms with Crippen molar-refractivity contribution in [1.29, 1.82) is 0 Å². The van der Waals surface area contributed by atoms with E-state index in [0.29, 0.717) is 0 Å². The van der Waals surface area contributed by atoms with Gasteiger partial charge in [-0.25, -0.2) is 14.4 Å². The summed E-state index contributed by atoms with van der Waals surface area (Å²) in [6.45, 7) is -0.447. The predicted molar refractivity (Wildman–Crippen MR) is 73.3 cm³/mol. The van der Waals surface area contributed by atoms with E-state index < -0.39 is 43.2 Å². The molecule has 1 N–H and O–H groups in total. The number of carboxylic acid groups (broad SMARTS) is 1. The number of ether oxygens (including phenoxy) is 2. The number of hydrogen-bond donors (Lipinski definition) is 1. The summed E-state index contributed by atoms with van der Waals surface area (Å²) in [7, 11) is 0. The first kappa shape index (κ1) is 17.4. The minimum atomic E-state index is -1.29. The highest BCUT2D eigenvalue weighted by Crippen LogP contribution is 2.16. The SMILES string of the molecule is Cl.O=C(O)CC1C(=O)OCN1C(=O)OC(=O)c1ccccc1. The minimum absolute atomic E-state index is 0. The number of cyclic esters (lactones) is 1. The van der Waals surface area contributed by atoms with Gasteiger partial charge < -0.3 is 14.6 Å². The predicted octanol–water partition coefficient (Wildman–Crippen LogP) is 1.04. The maximum Gasteiger partial charge on any atom is 0.421 e. The smallest absolute Gasteiger partial charge is 0.421 e. The first-order chi connectivity index (χ1) is 9.99. The van der Waals surface area contributed by atoms with Crippen molar-refractivity contribution in [3.63, 3.8) is 0 Å². The topological polar surface area (TPSA) is 110 Å². The van der Waals surface area contributed by atoms with Crippen LogP contribution >= 0.6 is 12.4 Å². The van der Waals surface area contributed by atoms with Gasteiger partial charge in [0.15, 0.2) is 6.73 Å². The molecule has 1 atom stereocenters. The lowest BCUT2D eigenvalue weighted by molar-refractivity contribution is -0.144. The number of amides is 1. The number of carbonyl (C=O) groups excluding carboxylic acids is 3. The Labute approximate surface area is 131 Å². The van der Waals surface area contributed by atoms with E-state index in [-0.39, 0.29) is 18.0 Å². The van der Waals surface area contributed by atoms with Gasteiger partial charge in [-0.2, -0.15) is 0 Å². The van der Waals surface area contributed by atoms with E-state index in [9.17, 15) is 19.2 Å². The molecule has 1 aromatic rings. The molecular formula is C13H12ClNO7. The fourth-order valence-electron chi connectivity index (χ4n) is 1.76. The van der Waals surface area contributed by atoms with Crippen LogP contribution in [0, 0.1) is 0 Å². The Balaban J connectivity index is 0.00000242. The molecule has 1 heterocycles. The highest BCUT2D eigenvalue weighted by Gasteiger charge is 2.40. The normalized spacial score (nSPS) is 16.5. The molecule has 0 spiro atoms. The van der Waals surface area contributed by atoms with Gasteiger partial charge in [-0.1, -0.05) is 18.2 Å². The first-order valence-corrected chi connectivity index (χ1v) is 5.95. The van der Waals surface area contributed by atoms with E-state index in [0.717, 1.165) is 4.90 Å². The van der Waals surface area contributed by atoms with Gasteiger partial charge in [0.1, 0.15) is 6.04 Å². The Hall–Kier alpha value is -2.61. The van der Waals surface area contributed by atoms with Gasteiger partial charge in [-0.3, -0.25) is 9.69 Å². The van der Waals surface area contributed by atoms with Crippen molar-refractivity contribution in [2.24, 2.45) is 0 Å². The average molecular weight is 330 g/mol. The van der Waals surface area contributed by atoms with Gasteiger partial charge in [0.25, 0.3) is 0 Å². The Bertz CT molecular complexity index is 589. The van der Waals surface area contributed by atoms with Crippen LogP contribution in [0.5, 0.6) is 0 Å². The van der Waals surface area contributed by atoms with Crippen molar-refractivity contribution in [3.8, 4) is 0 Å². The van der Waals surface area contributed by atoms with Crippen molar-refractivity contribution in [2.75, 3.05) is 6.73 Å². The summed E-state index contributed by atoms with van der Waals surface area (Å²) in [6.07, 6.45) is -1.74. The summed E-state index contributed by atoms with van der Waals surface area (Å²) < 4.78 is 9.20. The molecule has 22 heavy (non-hydrogen) atoms. The van der Waals surface area contributed by atoms with Crippen LogP contribution in [-0.4, -0.2) is 46.8 Å². The second kappa shape index (κ2) is 7.41. The van der Waals surface area contributed by atoms with E-state index in [1.54, 1.807) is 18.2 Å². The highest BCUT2D eigenvalue weighted by molar-refractivity contribution is 5.97. The lowest BCUT2D eigenvalue weighted by atomic mass is 10.2. The first-order valence-electron chi connectivity index (χ1n) is 5.95. The van der Waals surface area contributed by atoms with Crippen molar-refractivity contribution in [3.05, 3.63) is 35.9 Å². The molecule has 2 rings (SSSR count). The van der Waals surface area contributed by atoms with Crippen LogP contribution in [0.1, 0.15) is 16.8 Å². The van der Waals surface area contributed by atoms with Crippen LogP contribution in [0.4, 0.5) is 4.79 Å². The molecule has 1 fully saturated rings. The summed E-state index contributed by atoms with van der Waals surface area (Å²) in [6, 6.07) is 6.49. The molecule has 1 aliphatic heterocycles. The summed E-state index contributed by atoms with van der Waals surface area (Å²) in [5.74, 6) is -3.01. The van der Waals surface area contributed by atoms with E-state index >= 15 is 0 Å². The van der Waals surface area contributed by atoms with Gasteiger partial charge in [-0.05, 0) is 12.1 Å². The molecule has 118 valence electrons. The van der Waals surface area contributed by atoms with E-state index in [2.05, 4.69) is 9.47 Å². The zero-order valence-corrected chi connectivity index (χ0v) is 11.9. The van der Waals surface area contributed by atoms with Crippen molar-refractivity contribution >= 4 is 36.4 Å². The fraction of sp³-hybridized carbons (Fsp3) is 0.231. The van der Waals surface area contributed by atoms with Gasteiger partial charge in [-0.15, -0.1) is 12.4 Å². The number of nitrogens with zero attached hydrogens (tertiary/aromatic N) is 1. The molecule has 9 heteroatoms. The lowest BCUT2D eigenvalue weighted by Crippen LogP contribution is -2.40. The molecule has 1 saturated heterocycles. The molecule has 0 aromatic heterocycles. The summed E-state index contributed by atoms with van der Waals surface area (Å²) in [4.78, 5) is 46.3. The average Bonchev–Trinajstić information content (AvgIpc) is 2.80. The Morgan fingerprint density at radius 1 is 1.27 bits per heavy atom. The highest BCUT2D eigenvalue weighted by atomic mass is 35.5. The van der Waals surface area contributed by atoms with Gasteiger partial charge in [0.05, 0.1) is 12.0 Å². The molecule has 0 aliphatic carbocycles. The zero-order valence-electron chi connectivity index (χ0n) is 11.1. The van der Waals surface area contributed by atoms with E-state index in [4.69, 9.17) is 5.11 Å². The summed E-state index contributed by atoms with van der Waals surface area (Å²) >= 11 is 0. The lowest BCUT2D eigenvalue weighted by Gasteiger charge is -2.17. The van der Waals surface area contributed by atoms with Crippen molar-refractivity contribution in [2.45, 2.75) is 12.5 Å². The molecular weight excluding hydrogens is 318 g/mol. The third kappa shape index (κ3) is 3.95. The second-order valence-electron chi connectivity index (χ2n) is 4.20. The number of esters is 2. The van der Waals surface area contributed by atoms with Crippen LogP contribution in [-0.2, 0) is 19.1 Å². The number of aliphatic carboxylic acids is 1. The largest absolute Gasteiger partial charge is 0.481 e. The molecule has 1 aliphatic rings. The van der Waals surface area contributed by atoms with Crippen molar-refractivity contribution < 1.29 is 33.8 Å². The third-order valence-corrected chi connectivity index (χ3v) is 2.79. The maximum atomic E-state index is 11.8. The monoisotopic (exact) mass is 329 g/mol. The molecule has 0 radical (unpaired) electrons. The molecule has 8 nitrogen and oxygen atoms in total. The number of carboxylic acids is 1. The Morgan fingerprint density at radius 3 is 2.50 bits per heavy atom. The van der Waals surface area contributed by atoms with E-state index in [1.807, 2.05) is 0 Å². The number of benzene rings is 1. The van der Waals surface area contributed by atoms with Crippen LogP contribution in [0.25, 0.3) is 0 Å². The maximum absolute atomic E-state index is 11.8. The zero-order chi connectivity index (χ0) is 15.4. The molecule has 0 saturated carbocycles. The molecule has 1 unspecified atom stereocenters. The standard InChI is InChI=1S/C13H11NO7.ClH/c15-10(16)6-9-12(18)20-7-14(9)13(19)21-11(17)8-4-2-1-3-5-8;/h1-5,9H,6-7H2,(H,15,16);1H. The van der Waals surface area contributed by atoms with Crippen LogP contribution in [0.2, 0.25) is 0 Å². The minimum Gasteiger partial charge on any atom is -0.481 e. The van der Waals surface area contributed by atoms with Gasteiger partial charge in [0, 0.05) is 0 Å². The number of rotatable bonds is 3. The third-order valence-electron chi connectivity index (χ3n) is 2.79. The second-order valence-corrected chi connectivity index (χ2v) is 4.20. The van der Waals surface area contributed by atoms with Crippen LogP contribution < -0.4 is 0 Å². The van der Waals surface area contributed by atoms with Crippen LogP contribution in [0.3, 0.4) is 0 Å². The van der Waals surface area contributed by atoms with Crippen LogP contribution in [0.15, 0.2) is 30.3 Å². The summed E-state index contributed by atoms with van der Waals surface area (Å²) in [5, 5.41) is 8.70. The molecule has 1 amide bonds. The number of carbonyl (C=O) groups is 4. The summed E-state index contributed by atoms with van der Waals surface area (Å²) in [5.41, 5.74) is 0.159. The van der Waals surface area contributed by atoms with Gasteiger partial charge in [0.2, 0.25) is 0 Å². The quantitative estimate of drug-likeness (QED) is 0.651. The molecule has 0 bridgehead atoms. The fourth-order valence-corrected chi connectivity index (χ4v) is 1.76. The molecule has 1 aromatic carbocycles. The van der Waals surface area contributed by atoms with Gasteiger partial charge >= 0.3 is 24.0 Å². The Morgan fingerprint density at radius 2 is 1.91 bits per heavy atom. The van der Waals surface area contributed by atoms with Crippen molar-refractivity contribution in [1.82, 2.24) is 4.90 Å².